The minimum Gasteiger partial charge on any atom is -0.380 e. The van der Waals surface area contributed by atoms with Gasteiger partial charge in [-0.2, -0.15) is 0 Å². The van der Waals surface area contributed by atoms with Crippen LogP contribution >= 0.6 is 0 Å². The highest BCUT2D eigenvalue weighted by molar-refractivity contribution is 5.78. The van der Waals surface area contributed by atoms with Gasteiger partial charge in [0, 0.05) is 37.9 Å². The third-order valence-electron chi connectivity index (χ3n) is 5.04. The van der Waals surface area contributed by atoms with Crippen LogP contribution in [-0.2, 0) is 14.4 Å². The number of hydrogen-bond acceptors (Lipinski definition) is 6. The number of nitrogens with zero attached hydrogens (tertiary/aromatic N) is 4. The second kappa shape index (κ2) is 6.41. The Hall–Kier alpha value is -1.73. The van der Waals surface area contributed by atoms with Gasteiger partial charge in [0.2, 0.25) is 5.95 Å². The molecule has 1 amide bonds. The van der Waals surface area contributed by atoms with Crippen molar-refractivity contribution in [1.82, 2.24) is 15.0 Å². The van der Waals surface area contributed by atoms with Crippen LogP contribution in [0.2, 0.25) is 0 Å². The topological polar surface area (TPSA) is 67.8 Å². The Morgan fingerprint density at radius 1 is 1.17 bits per heavy atom. The minimum atomic E-state index is -0.124. The molecule has 3 aliphatic heterocycles. The van der Waals surface area contributed by atoms with E-state index in [1.54, 1.807) is 17.5 Å². The summed E-state index contributed by atoms with van der Waals surface area (Å²) in [5.74, 6) is 1.33. The van der Waals surface area contributed by atoms with E-state index in [1.165, 1.54) is 0 Å². The summed E-state index contributed by atoms with van der Waals surface area (Å²) in [6.07, 6.45) is 5.55. The molecule has 3 fully saturated rings. The van der Waals surface area contributed by atoms with Crippen molar-refractivity contribution in [2.24, 2.45) is 17.8 Å². The number of fused-ring (bicyclic) bond motifs is 1. The lowest BCUT2D eigenvalue weighted by Crippen LogP contribution is -2.47. The van der Waals surface area contributed by atoms with E-state index in [1.807, 2.05) is 6.07 Å². The first-order valence-electron chi connectivity index (χ1n) is 8.37. The molecule has 3 atom stereocenters. The number of anilines is 1. The minimum absolute atomic E-state index is 0.0789. The third kappa shape index (κ3) is 2.90. The summed E-state index contributed by atoms with van der Waals surface area (Å²) in [5.41, 5.74) is 0. The zero-order chi connectivity index (χ0) is 15.6. The first-order valence-corrected chi connectivity index (χ1v) is 8.37. The van der Waals surface area contributed by atoms with E-state index < -0.39 is 0 Å². The van der Waals surface area contributed by atoms with Crippen LogP contribution in [-0.4, -0.2) is 60.4 Å². The van der Waals surface area contributed by atoms with Crippen molar-refractivity contribution in [3.8, 4) is 0 Å². The zero-order valence-electron chi connectivity index (χ0n) is 13.1. The van der Waals surface area contributed by atoms with Gasteiger partial charge >= 0.3 is 0 Å². The molecule has 0 aromatic carbocycles. The Bertz CT molecular complexity index is 550. The number of hydrogen-bond donors (Lipinski definition) is 0. The molecule has 3 saturated heterocycles. The van der Waals surface area contributed by atoms with Crippen molar-refractivity contribution < 1.29 is 14.4 Å². The van der Waals surface area contributed by atoms with E-state index in [0.717, 1.165) is 31.9 Å². The van der Waals surface area contributed by atoms with E-state index in [-0.39, 0.29) is 17.7 Å². The fraction of sp³-hybridized carbons (Fsp3) is 0.688. The van der Waals surface area contributed by atoms with Gasteiger partial charge in [-0.05, 0) is 24.8 Å². The summed E-state index contributed by atoms with van der Waals surface area (Å²) in [6.45, 7) is 4.18. The molecule has 3 aliphatic rings. The summed E-state index contributed by atoms with van der Waals surface area (Å²) in [7, 11) is 0. The Morgan fingerprint density at radius 3 is 2.83 bits per heavy atom. The first-order chi connectivity index (χ1) is 11.3. The molecular weight excluding hydrogens is 296 g/mol. The van der Waals surface area contributed by atoms with Crippen molar-refractivity contribution >= 4 is 11.9 Å². The molecule has 0 spiro atoms. The molecule has 0 bridgehead atoms. The smallest absolute Gasteiger partial charge is 0.251 e. The van der Waals surface area contributed by atoms with Gasteiger partial charge in [-0.25, -0.2) is 15.0 Å². The predicted octanol–water partition coefficient (Wildman–Crippen LogP) is 0.729. The SMILES string of the molecule is O=C([C@@H]1COC[C@@H]2CN(c3ncccn3)C[C@@H]21)N1CCCCO1. The van der Waals surface area contributed by atoms with Crippen LogP contribution in [0.1, 0.15) is 12.8 Å². The summed E-state index contributed by atoms with van der Waals surface area (Å²) in [6, 6.07) is 1.82. The number of carbonyl (C=O) groups excluding carboxylic acids is 1. The van der Waals surface area contributed by atoms with E-state index >= 15 is 0 Å². The molecule has 0 aliphatic carbocycles. The van der Waals surface area contributed by atoms with Gasteiger partial charge in [-0.1, -0.05) is 0 Å². The van der Waals surface area contributed by atoms with Gasteiger partial charge < -0.3 is 9.64 Å². The monoisotopic (exact) mass is 318 g/mol. The molecule has 0 saturated carbocycles. The molecule has 0 unspecified atom stereocenters. The Morgan fingerprint density at radius 2 is 2.04 bits per heavy atom. The molecule has 1 aromatic rings. The summed E-state index contributed by atoms with van der Waals surface area (Å²) in [4.78, 5) is 29.2. The average Bonchev–Trinajstić information content (AvgIpc) is 3.07. The van der Waals surface area contributed by atoms with Crippen molar-refractivity contribution in [2.75, 3.05) is 44.4 Å². The van der Waals surface area contributed by atoms with Gasteiger partial charge in [0.05, 0.1) is 25.7 Å². The maximum Gasteiger partial charge on any atom is 0.251 e. The quantitative estimate of drug-likeness (QED) is 0.801. The predicted molar refractivity (Wildman–Crippen MR) is 82.4 cm³/mol. The van der Waals surface area contributed by atoms with Crippen molar-refractivity contribution in [2.45, 2.75) is 12.8 Å². The molecule has 4 heterocycles. The van der Waals surface area contributed by atoms with Gasteiger partial charge in [0.1, 0.15) is 0 Å². The second-order valence-corrected chi connectivity index (χ2v) is 6.50. The zero-order valence-corrected chi connectivity index (χ0v) is 13.1. The maximum atomic E-state index is 12.8. The number of rotatable bonds is 2. The van der Waals surface area contributed by atoms with Crippen LogP contribution in [0.3, 0.4) is 0 Å². The van der Waals surface area contributed by atoms with Crippen LogP contribution in [0.25, 0.3) is 0 Å². The van der Waals surface area contributed by atoms with Gasteiger partial charge in [-0.3, -0.25) is 9.63 Å². The summed E-state index contributed by atoms with van der Waals surface area (Å²) >= 11 is 0. The third-order valence-corrected chi connectivity index (χ3v) is 5.04. The van der Waals surface area contributed by atoms with Gasteiger partial charge in [0.15, 0.2) is 0 Å². The lowest BCUT2D eigenvalue weighted by Gasteiger charge is -2.36. The van der Waals surface area contributed by atoms with E-state index in [2.05, 4.69) is 14.9 Å². The number of amides is 1. The van der Waals surface area contributed by atoms with Crippen molar-refractivity contribution in [3.63, 3.8) is 0 Å². The van der Waals surface area contributed by atoms with Crippen LogP contribution < -0.4 is 4.90 Å². The van der Waals surface area contributed by atoms with E-state index in [9.17, 15) is 4.79 Å². The number of aromatic nitrogens is 2. The Kier molecular flexibility index (Phi) is 4.13. The lowest BCUT2D eigenvalue weighted by molar-refractivity contribution is -0.207. The van der Waals surface area contributed by atoms with Crippen LogP contribution in [0.4, 0.5) is 5.95 Å². The molecule has 124 valence electrons. The average molecular weight is 318 g/mol. The second-order valence-electron chi connectivity index (χ2n) is 6.50. The lowest BCUT2D eigenvalue weighted by atomic mass is 9.82. The Balaban J connectivity index is 1.48. The normalized spacial score (nSPS) is 31.0. The molecule has 0 radical (unpaired) electrons. The van der Waals surface area contributed by atoms with E-state index in [4.69, 9.17) is 9.57 Å². The first kappa shape index (κ1) is 14.8. The van der Waals surface area contributed by atoms with Crippen LogP contribution in [0, 0.1) is 17.8 Å². The highest BCUT2D eigenvalue weighted by Crippen LogP contribution is 2.36. The Labute approximate surface area is 135 Å². The summed E-state index contributed by atoms with van der Waals surface area (Å²) < 4.78 is 5.72. The molecule has 23 heavy (non-hydrogen) atoms. The highest BCUT2D eigenvalue weighted by Gasteiger charge is 2.46. The van der Waals surface area contributed by atoms with E-state index in [0.29, 0.717) is 32.3 Å². The number of ether oxygens (including phenoxy) is 1. The summed E-state index contributed by atoms with van der Waals surface area (Å²) in [5, 5.41) is 1.56. The van der Waals surface area contributed by atoms with Gasteiger partial charge in [0.25, 0.3) is 5.91 Å². The molecule has 0 N–H and O–H groups in total. The maximum absolute atomic E-state index is 12.8. The molecule has 1 aromatic heterocycles. The molecular formula is C16H22N4O3. The highest BCUT2D eigenvalue weighted by atomic mass is 16.7. The number of hydroxylamine groups is 2. The number of carbonyl (C=O) groups is 1. The largest absolute Gasteiger partial charge is 0.380 e. The van der Waals surface area contributed by atoms with Gasteiger partial charge in [-0.15, -0.1) is 0 Å². The standard InChI is InChI=1S/C16H22N4O3/c21-15(20-6-1-2-7-23-20)14-11-22-10-12-8-19(9-13(12)14)16-17-4-3-5-18-16/h3-5,12-14H,1-2,6-11H2/t12-,13-,14+/m0/s1. The van der Waals surface area contributed by atoms with Crippen molar-refractivity contribution in [1.29, 1.82) is 0 Å². The van der Waals surface area contributed by atoms with Crippen LogP contribution in [0.5, 0.6) is 0 Å². The fourth-order valence-electron chi connectivity index (χ4n) is 3.83. The van der Waals surface area contributed by atoms with Crippen LogP contribution in [0.15, 0.2) is 18.5 Å². The molecule has 4 rings (SSSR count). The molecule has 7 nitrogen and oxygen atoms in total. The molecule has 7 heteroatoms. The fourth-order valence-corrected chi connectivity index (χ4v) is 3.83. The van der Waals surface area contributed by atoms with Crippen molar-refractivity contribution in [3.05, 3.63) is 18.5 Å².